The molecule has 2 heterocycles. The summed E-state index contributed by atoms with van der Waals surface area (Å²) in [6.07, 6.45) is 9.62. The Morgan fingerprint density at radius 2 is 1.51 bits per heavy atom. The number of nitrogens with zero attached hydrogens (tertiary/aromatic N) is 3. The molecule has 0 spiro atoms. The van der Waals surface area contributed by atoms with Gasteiger partial charge in [-0.2, -0.15) is 10.3 Å². The Bertz CT molecular complexity index is 1470. The molecule has 3 N–H and O–H groups in total. The molecule has 6 rings (SSSR count). The third kappa shape index (κ3) is 5.73. The van der Waals surface area contributed by atoms with Gasteiger partial charge in [-0.15, -0.1) is 5.10 Å². The number of fused-ring (bicyclic) bond motifs is 1. The first-order chi connectivity index (χ1) is 19.2. The molecule has 1 fully saturated rings. The smallest absolute Gasteiger partial charge is 0.203 e. The number of H-pyrrole nitrogens is 1. The molecular weight excluding hydrogens is 478 g/mol. The van der Waals surface area contributed by atoms with Gasteiger partial charge in [0.05, 0.1) is 0 Å². The normalized spacial score (nSPS) is 20.2. The molecule has 1 aliphatic rings. The Morgan fingerprint density at radius 3 is 2.23 bits per heavy atom. The molecule has 5 nitrogen and oxygen atoms in total. The van der Waals surface area contributed by atoms with Crippen molar-refractivity contribution in [2.75, 3.05) is 5.73 Å². The number of benzene rings is 3. The Hall–Kier alpha value is -3.99. The highest BCUT2D eigenvalue weighted by Crippen LogP contribution is 2.48. The summed E-state index contributed by atoms with van der Waals surface area (Å²) >= 11 is 0. The Balaban J connectivity index is 1.24. The Labute approximate surface area is 230 Å². The maximum atomic E-state index is 6.22. The number of pyridine rings is 1. The first kappa shape index (κ1) is 25.3. The summed E-state index contributed by atoms with van der Waals surface area (Å²) in [5.74, 6) is 1.36. The lowest BCUT2D eigenvalue weighted by Gasteiger charge is -2.41. The van der Waals surface area contributed by atoms with Gasteiger partial charge in [-0.05, 0) is 84.6 Å². The van der Waals surface area contributed by atoms with Crippen molar-refractivity contribution in [3.8, 4) is 0 Å². The fourth-order valence-electron chi connectivity index (χ4n) is 6.85. The lowest BCUT2D eigenvalue weighted by molar-refractivity contribution is 0.152. The van der Waals surface area contributed by atoms with Crippen molar-refractivity contribution in [1.82, 2.24) is 20.4 Å². The van der Waals surface area contributed by atoms with Crippen LogP contribution in [0.15, 0.2) is 97.1 Å². The van der Waals surface area contributed by atoms with Crippen LogP contribution in [0.3, 0.4) is 0 Å². The summed E-state index contributed by atoms with van der Waals surface area (Å²) in [4.78, 5) is 4.39. The summed E-state index contributed by atoms with van der Waals surface area (Å²) in [5, 5.41) is 11.4. The molecule has 0 aliphatic heterocycles. The molecule has 0 amide bonds. The average molecular weight is 516 g/mol. The maximum Gasteiger partial charge on any atom is 0.203 e. The van der Waals surface area contributed by atoms with E-state index in [9.17, 15) is 0 Å². The van der Waals surface area contributed by atoms with Crippen LogP contribution in [0.2, 0.25) is 0 Å². The van der Waals surface area contributed by atoms with Gasteiger partial charge in [-0.3, -0.25) is 0 Å². The van der Waals surface area contributed by atoms with Crippen LogP contribution in [-0.4, -0.2) is 20.4 Å². The molecule has 0 bridgehead atoms. The van der Waals surface area contributed by atoms with E-state index in [1.54, 1.807) is 0 Å². The van der Waals surface area contributed by atoms with Gasteiger partial charge in [0.1, 0.15) is 11.3 Å². The van der Waals surface area contributed by atoms with Gasteiger partial charge in [-0.25, -0.2) is 4.98 Å². The number of nitrogens with one attached hydrogen (secondary N) is 1. The van der Waals surface area contributed by atoms with Gasteiger partial charge in [0.15, 0.2) is 0 Å². The van der Waals surface area contributed by atoms with E-state index in [4.69, 9.17) is 5.73 Å². The lowest BCUT2D eigenvalue weighted by Crippen LogP contribution is -2.29. The van der Waals surface area contributed by atoms with Gasteiger partial charge >= 0.3 is 0 Å². The summed E-state index contributed by atoms with van der Waals surface area (Å²) in [6, 6.07) is 35.0. The highest BCUT2D eigenvalue weighted by molar-refractivity contribution is 5.77. The largest absolute Gasteiger partial charge is 0.384 e. The SMILES string of the molecule is Nc1cc(C(CCCC2(Cc3ccccc3)CCC(c3ccccc3)CC2)c2ccccc2)c2n[nH]nc2n1. The lowest BCUT2D eigenvalue weighted by atomic mass is 9.64. The first-order valence-electron chi connectivity index (χ1n) is 14.3. The first-order valence-corrected chi connectivity index (χ1v) is 14.3. The van der Waals surface area contributed by atoms with Crippen molar-refractivity contribution >= 4 is 17.0 Å². The molecule has 198 valence electrons. The molecule has 1 unspecified atom stereocenters. The topological polar surface area (TPSA) is 80.5 Å². The zero-order valence-electron chi connectivity index (χ0n) is 22.5. The monoisotopic (exact) mass is 515 g/mol. The molecule has 0 saturated heterocycles. The van der Waals surface area contributed by atoms with Gasteiger partial charge in [0.25, 0.3) is 0 Å². The van der Waals surface area contributed by atoms with Crippen LogP contribution in [0.4, 0.5) is 5.82 Å². The quantitative estimate of drug-likeness (QED) is 0.210. The zero-order valence-corrected chi connectivity index (χ0v) is 22.5. The van der Waals surface area contributed by atoms with E-state index in [0.717, 1.165) is 30.3 Å². The van der Waals surface area contributed by atoms with Crippen molar-refractivity contribution in [3.05, 3.63) is 119 Å². The minimum atomic E-state index is 0.193. The van der Waals surface area contributed by atoms with E-state index in [-0.39, 0.29) is 5.92 Å². The highest BCUT2D eigenvalue weighted by atomic mass is 15.3. The number of nitrogen functional groups attached to an aromatic ring is 1. The number of nitrogens with two attached hydrogens (primary N) is 1. The van der Waals surface area contributed by atoms with E-state index in [1.807, 2.05) is 6.07 Å². The molecule has 1 atom stereocenters. The summed E-state index contributed by atoms with van der Waals surface area (Å²) in [5.41, 5.74) is 13.3. The Morgan fingerprint density at radius 1 is 0.846 bits per heavy atom. The summed E-state index contributed by atoms with van der Waals surface area (Å²) in [6.45, 7) is 0. The molecule has 1 saturated carbocycles. The number of hydrogen-bond acceptors (Lipinski definition) is 4. The van der Waals surface area contributed by atoms with Crippen LogP contribution >= 0.6 is 0 Å². The molecule has 2 aromatic heterocycles. The van der Waals surface area contributed by atoms with Gasteiger partial charge < -0.3 is 5.73 Å². The third-order valence-electron chi connectivity index (χ3n) is 8.86. The second-order valence-corrected chi connectivity index (χ2v) is 11.3. The summed E-state index contributed by atoms with van der Waals surface area (Å²) in [7, 11) is 0. The molecule has 5 aromatic rings. The number of rotatable bonds is 9. The number of aromatic amines is 1. The minimum Gasteiger partial charge on any atom is -0.384 e. The summed E-state index contributed by atoms with van der Waals surface area (Å²) < 4.78 is 0. The molecular formula is C34H37N5. The number of aromatic nitrogens is 4. The van der Waals surface area contributed by atoms with Crippen LogP contribution in [0.5, 0.6) is 0 Å². The van der Waals surface area contributed by atoms with Crippen LogP contribution in [-0.2, 0) is 6.42 Å². The van der Waals surface area contributed by atoms with Gasteiger partial charge in [0, 0.05) is 5.92 Å². The average Bonchev–Trinajstić information content (AvgIpc) is 3.46. The third-order valence-corrected chi connectivity index (χ3v) is 8.86. The highest BCUT2D eigenvalue weighted by Gasteiger charge is 2.36. The van der Waals surface area contributed by atoms with Crippen molar-refractivity contribution < 1.29 is 0 Å². The van der Waals surface area contributed by atoms with Crippen LogP contribution in [0.1, 0.15) is 79.0 Å². The van der Waals surface area contributed by atoms with E-state index in [0.29, 0.717) is 22.8 Å². The van der Waals surface area contributed by atoms with Crippen LogP contribution < -0.4 is 5.73 Å². The fourth-order valence-corrected chi connectivity index (χ4v) is 6.85. The van der Waals surface area contributed by atoms with Crippen molar-refractivity contribution in [2.24, 2.45) is 5.41 Å². The Kier molecular flexibility index (Phi) is 7.40. The van der Waals surface area contributed by atoms with Crippen LogP contribution in [0, 0.1) is 5.41 Å². The van der Waals surface area contributed by atoms with E-state index in [1.165, 1.54) is 48.8 Å². The van der Waals surface area contributed by atoms with Gasteiger partial charge in [0.2, 0.25) is 5.65 Å². The predicted octanol–water partition coefficient (Wildman–Crippen LogP) is 7.82. The number of anilines is 1. The maximum absolute atomic E-state index is 6.22. The standard InChI is InChI=1S/C34H37N5/c35-31-23-30(32-33(36-31)38-39-37-32)29(28-15-8-3-9-16-28)17-10-20-34(24-25-11-4-1-5-12-25)21-18-27(19-22-34)26-13-6-2-7-14-26/h1-9,11-16,23,27,29H,10,17-22,24H2,(H3,35,36,37,38,39). The molecule has 0 radical (unpaired) electrons. The molecule has 5 heteroatoms. The fraction of sp³-hybridized carbons (Fsp3) is 0.324. The zero-order chi connectivity index (χ0) is 26.5. The van der Waals surface area contributed by atoms with Crippen LogP contribution in [0.25, 0.3) is 11.2 Å². The second kappa shape index (κ2) is 11.4. The van der Waals surface area contributed by atoms with E-state index >= 15 is 0 Å². The van der Waals surface area contributed by atoms with E-state index < -0.39 is 0 Å². The van der Waals surface area contributed by atoms with E-state index in [2.05, 4.69) is 111 Å². The van der Waals surface area contributed by atoms with Crippen molar-refractivity contribution in [1.29, 1.82) is 0 Å². The van der Waals surface area contributed by atoms with Gasteiger partial charge in [-0.1, -0.05) is 97.4 Å². The number of hydrogen-bond donors (Lipinski definition) is 2. The second-order valence-electron chi connectivity index (χ2n) is 11.3. The molecule has 3 aromatic carbocycles. The molecule has 39 heavy (non-hydrogen) atoms. The minimum absolute atomic E-state index is 0.193. The van der Waals surface area contributed by atoms with Crippen molar-refractivity contribution in [3.63, 3.8) is 0 Å². The van der Waals surface area contributed by atoms with Crippen molar-refractivity contribution in [2.45, 2.75) is 63.2 Å². The molecule has 1 aliphatic carbocycles. The predicted molar refractivity (Wildman–Crippen MR) is 158 cm³/mol.